The molecule has 0 saturated carbocycles. The number of likely N-dealkylation sites (N-methyl/N-ethyl adjacent to an activating group) is 1. The van der Waals surface area contributed by atoms with Gasteiger partial charge in [-0.05, 0) is 44.5 Å². The Morgan fingerprint density at radius 1 is 1.29 bits per heavy atom. The highest BCUT2D eigenvalue weighted by Gasteiger charge is 2.15. The monoisotopic (exact) mass is 392 g/mol. The number of aliphatic imine (C=N–C) groups is 1. The fourth-order valence-electron chi connectivity index (χ4n) is 2.94. The molecule has 1 aliphatic rings. The van der Waals surface area contributed by atoms with Gasteiger partial charge in [-0.25, -0.2) is 4.99 Å². The van der Waals surface area contributed by atoms with Crippen LogP contribution in [0.25, 0.3) is 0 Å². The first kappa shape index (κ1) is 22.5. The summed E-state index contributed by atoms with van der Waals surface area (Å²) in [6, 6.07) is 8.14. The molecule has 1 heterocycles. The van der Waals surface area contributed by atoms with Gasteiger partial charge in [-0.1, -0.05) is 12.1 Å². The van der Waals surface area contributed by atoms with Crippen molar-refractivity contribution >= 4 is 5.96 Å². The second-order valence-corrected chi connectivity index (χ2v) is 7.00. The topological polar surface area (TPSA) is 67.4 Å². The summed E-state index contributed by atoms with van der Waals surface area (Å²) >= 11 is 0. The Morgan fingerprint density at radius 3 is 2.89 bits per heavy atom. The van der Waals surface area contributed by atoms with Crippen LogP contribution in [0.5, 0.6) is 5.75 Å². The average Bonchev–Trinajstić information content (AvgIpc) is 3.22. The molecule has 28 heavy (non-hydrogen) atoms. The van der Waals surface area contributed by atoms with Gasteiger partial charge in [0.1, 0.15) is 12.4 Å². The Kier molecular flexibility index (Phi) is 10.7. The second-order valence-electron chi connectivity index (χ2n) is 7.00. The van der Waals surface area contributed by atoms with Crippen molar-refractivity contribution in [3.05, 3.63) is 29.8 Å². The molecule has 1 atom stereocenters. The van der Waals surface area contributed by atoms with Gasteiger partial charge in [-0.15, -0.1) is 0 Å². The van der Waals surface area contributed by atoms with Gasteiger partial charge in [0.05, 0.1) is 19.3 Å². The molecule has 0 amide bonds. The summed E-state index contributed by atoms with van der Waals surface area (Å²) in [5.41, 5.74) is 1.12. The first-order valence-corrected chi connectivity index (χ1v) is 10.2. The summed E-state index contributed by atoms with van der Waals surface area (Å²) in [5.74, 6) is 1.70. The molecule has 7 nitrogen and oxygen atoms in total. The van der Waals surface area contributed by atoms with E-state index in [9.17, 15) is 0 Å². The van der Waals surface area contributed by atoms with E-state index in [0.29, 0.717) is 19.3 Å². The summed E-state index contributed by atoms with van der Waals surface area (Å²) in [6.07, 6.45) is 2.56. The van der Waals surface area contributed by atoms with Crippen molar-refractivity contribution in [3.8, 4) is 5.75 Å². The molecule has 7 heteroatoms. The van der Waals surface area contributed by atoms with Crippen molar-refractivity contribution in [2.75, 3.05) is 60.2 Å². The fraction of sp³-hybridized carbons (Fsp3) is 0.667. The normalized spacial score (nSPS) is 17.1. The summed E-state index contributed by atoms with van der Waals surface area (Å²) in [5, 5.41) is 6.67. The molecule has 1 aromatic carbocycles. The van der Waals surface area contributed by atoms with Crippen LogP contribution in [0.15, 0.2) is 29.3 Å². The van der Waals surface area contributed by atoms with Crippen LogP contribution in [0.3, 0.4) is 0 Å². The smallest absolute Gasteiger partial charge is 0.191 e. The number of ether oxygens (including phenoxy) is 3. The lowest BCUT2D eigenvalue weighted by molar-refractivity contribution is 0.114. The predicted molar refractivity (Wildman–Crippen MR) is 113 cm³/mol. The van der Waals surface area contributed by atoms with Gasteiger partial charge in [0.15, 0.2) is 5.96 Å². The van der Waals surface area contributed by atoms with Gasteiger partial charge in [-0.3, -0.25) is 0 Å². The number of guanidine groups is 1. The zero-order chi connectivity index (χ0) is 20.0. The predicted octanol–water partition coefficient (Wildman–Crippen LogP) is 1.88. The standard InChI is InChI=1S/C21H36N4O3/c1-4-22-21(24-17-20-9-6-12-27-20)23-16-18-7-5-8-19(15-18)28-14-11-25(2)10-13-26-3/h5,7-8,15,20H,4,6,9-14,16-17H2,1-3H3,(H2,22,23,24). The molecule has 2 N–H and O–H groups in total. The number of nitrogens with zero attached hydrogens (tertiary/aromatic N) is 2. The van der Waals surface area contributed by atoms with E-state index in [1.807, 2.05) is 12.1 Å². The largest absolute Gasteiger partial charge is 0.492 e. The molecule has 1 unspecified atom stereocenters. The highest BCUT2D eigenvalue weighted by molar-refractivity contribution is 5.79. The van der Waals surface area contributed by atoms with Crippen LogP contribution in [-0.2, 0) is 16.0 Å². The SMILES string of the molecule is CCNC(=NCc1cccc(OCCN(C)CCOC)c1)NCC1CCCO1. The first-order valence-electron chi connectivity index (χ1n) is 10.2. The molecule has 1 aliphatic heterocycles. The minimum atomic E-state index is 0.294. The first-order chi connectivity index (χ1) is 13.7. The molecule has 0 bridgehead atoms. The molecule has 1 saturated heterocycles. The Hall–Kier alpha value is -1.83. The fourth-order valence-corrected chi connectivity index (χ4v) is 2.94. The van der Waals surface area contributed by atoms with E-state index in [1.165, 1.54) is 0 Å². The number of rotatable bonds is 12. The zero-order valence-corrected chi connectivity index (χ0v) is 17.6. The Morgan fingerprint density at radius 2 is 2.14 bits per heavy atom. The molecule has 1 fully saturated rings. The van der Waals surface area contributed by atoms with Crippen LogP contribution in [0.4, 0.5) is 0 Å². The maximum Gasteiger partial charge on any atom is 0.191 e. The van der Waals surface area contributed by atoms with E-state index in [0.717, 1.165) is 69.5 Å². The van der Waals surface area contributed by atoms with Crippen LogP contribution in [0, 0.1) is 0 Å². The third kappa shape index (κ3) is 8.91. The van der Waals surface area contributed by atoms with Crippen molar-refractivity contribution in [1.82, 2.24) is 15.5 Å². The zero-order valence-electron chi connectivity index (χ0n) is 17.6. The summed E-state index contributed by atoms with van der Waals surface area (Å²) in [6.45, 7) is 8.33. The van der Waals surface area contributed by atoms with Crippen LogP contribution in [-0.4, -0.2) is 77.1 Å². The van der Waals surface area contributed by atoms with E-state index >= 15 is 0 Å². The molecule has 158 valence electrons. The number of nitrogens with one attached hydrogen (secondary N) is 2. The lowest BCUT2D eigenvalue weighted by Gasteiger charge is -2.16. The molecule has 1 aromatic rings. The average molecular weight is 393 g/mol. The second kappa shape index (κ2) is 13.4. The van der Waals surface area contributed by atoms with Crippen LogP contribution in [0.2, 0.25) is 0 Å². The van der Waals surface area contributed by atoms with E-state index in [-0.39, 0.29) is 0 Å². The lowest BCUT2D eigenvalue weighted by atomic mass is 10.2. The summed E-state index contributed by atoms with van der Waals surface area (Å²) in [4.78, 5) is 6.88. The minimum absolute atomic E-state index is 0.294. The maximum atomic E-state index is 5.89. The van der Waals surface area contributed by atoms with Crippen molar-refractivity contribution in [2.24, 2.45) is 4.99 Å². The van der Waals surface area contributed by atoms with Gasteiger partial charge in [0, 0.05) is 39.9 Å². The molecule has 0 spiro atoms. The van der Waals surface area contributed by atoms with Crippen LogP contribution >= 0.6 is 0 Å². The van der Waals surface area contributed by atoms with E-state index < -0.39 is 0 Å². The Bertz CT molecular complexity index is 577. The maximum absolute atomic E-state index is 5.89. The molecule has 0 radical (unpaired) electrons. The van der Waals surface area contributed by atoms with Gasteiger partial charge in [-0.2, -0.15) is 0 Å². The summed E-state index contributed by atoms with van der Waals surface area (Å²) < 4.78 is 16.6. The van der Waals surface area contributed by atoms with Crippen LogP contribution in [0.1, 0.15) is 25.3 Å². The van der Waals surface area contributed by atoms with E-state index in [2.05, 4.69) is 46.6 Å². The Labute approximate surface area is 169 Å². The molecule has 2 rings (SSSR count). The van der Waals surface area contributed by atoms with Gasteiger partial charge in [0.2, 0.25) is 0 Å². The quantitative estimate of drug-likeness (QED) is 0.418. The van der Waals surface area contributed by atoms with Crippen molar-refractivity contribution in [3.63, 3.8) is 0 Å². The van der Waals surface area contributed by atoms with Gasteiger partial charge < -0.3 is 29.7 Å². The summed E-state index contributed by atoms with van der Waals surface area (Å²) in [7, 11) is 3.79. The minimum Gasteiger partial charge on any atom is -0.492 e. The van der Waals surface area contributed by atoms with Crippen LogP contribution < -0.4 is 15.4 Å². The number of benzene rings is 1. The van der Waals surface area contributed by atoms with Gasteiger partial charge in [0.25, 0.3) is 0 Å². The third-order valence-electron chi connectivity index (χ3n) is 4.60. The van der Waals surface area contributed by atoms with Crippen molar-refractivity contribution in [1.29, 1.82) is 0 Å². The number of methoxy groups -OCH3 is 1. The molecule has 0 aliphatic carbocycles. The van der Waals surface area contributed by atoms with Crippen molar-refractivity contribution < 1.29 is 14.2 Å². The Balaban J connectivity index is 1.79. The molecule has 0 aromatic heterocycles. The van der Waals surface area contributed by atoms with Crippen molar-refractivity contribution in [2.45, 2.75) is 32.4 Å². The van der Waals surface area contributed by atoms with E-state index in [4.69, 9.17) is 14.2 Å². The highest BCUT2D eigenvalue weighted by Crippen LogP contribution is 2.14. The highest BCUT2D eigenvalue weighted by atomic mass is 16.5. The third-order valence-corrected chi connectivity index (χ3v) is 4.60. The molecular weight excluding hydrogens is 356 g/mol. The van der Waals surface area contributed by atoms with Gasteiger partial charge >= 0.3 is 0 Å². The lowest BCUT2D eigenvalue weighted by Crippen LogP contribution is -2.41. The number of hydrogen-bond donors (Lipinski definition) is 2. The number of hydrogen-bond acceptors (Lipinski definition) is 5. The molecular formula is C21H36N4O3. The van der Waals surface area contributed by atoms with E-state index in [1.54, 1.807) is 7.11 Å².